The Morgan fingerprint density at radius 1 is 1.38 bits per heavy atom. The molecule has 29 heavy (non-hydrogen) atoms. The fourth-order valence-corrected chi connectivity index (χ4v) is 3.33. The summed E-state index contributed by atoms with van der Waals surface area (Å²) in [4.78, 5) is 4.74. The monoisotopic (exact) mass is 400 g/mol. The Labute approximate surface area is 172 Å². The van der Waals surface area contributed by atoms with Crippen LogP contribution in [-0.2, 0) is 18.3 Å². The first-order valence-electron chi connectivity index (χ1n) is 10.3. The highest BCUT2D eigenvalue weighted by molar-refractivity contribution is 5.80. The number of nitrogens with one attached hydrogen (secondary N) is 2. The lowest BCUT2D eigenvalue weighted by atomic mass is 9.94. The summed E-state index contributed by atoms with van der Waals surface area (Å²) in [5.41, 5.74) is 1.24. The molecule has 0 amide bonds. The molecule has 8 nitrogen and oxygen atoms in total. The molecule has 8 heteroatoms. The molecule has 0 saturated heterocycles. The van der Waals surface area contributed by atoms with Crippen LogP contribution in [0.2, 0.25) is 0 Å². The van der Waals surface area contributed by atoms with Crippen molar-refractivity contribution in [3.8, 4) is 5.75 Å². The van der Waals surface area contributed by atoms with Crippen molar-refractivity contribution in [1.29, 1.82) is 0 Å². The van der Waals surface area contributed by atoms with Gasteiger partial charge in [0.1, 0.15) is 18.1 Å². The Morgan fingerprint density at radius 2 is 2.21 bits per heavy atom. The third kappa shape index (κ3) is 5.47. The van der Waals surface area contributed by atoms with Crippen LogP contribution >= 0.6 is 0 Å². The van der Waals surface area contributed by atoms with Gasteiger partial charge in [-0.25, -0.2) is 4.99 Å². The predicted molar refractivity (Wildman–Crippen MR) is 113 cm³/mol. The van der Waals surface area contributed by atoms with E-state index in [2.05, 4.69) is 39.9 Å². The molecule has 1 aromatic heterocycles. The zero-order chi connectivity index (χ0) is 20.6. The second-order valence-corrected chi connectivity index (χ2v) is 7.25. The normalized spacial score (nSPS) is 17.0. The maximum absolute atomic E-state index is 5.85. The molecule has 0 spiro atoms. The first-order chi connectivity index (χ1) is 14.1. The Kier molecular flexibility index (Phi) is 7.46. The minimum absolute atomic E-state index is 0.165. The van der Waals surface area contributed by atoms with E-state index >= 15 is 0 Å². The molecule has 0 bridgehead atoms. The topological polar surface area (TPSA) is 85.6 Å². The van der Waals surface area contributed by atoms with Crippen molar-refractivity contribution in [3.05, 3.63) is 41.5 Å². The number of guanidine groups is 1. The van der Waals surface area contributed by atoms with Gasteiger partial charge in [-0.1, -0.05) is 18.2 Å². The number of benzene rings is 1. The van der Waals surface area contributed by atoms with Crippen molar-refractivity contribution in [1.82, 2.24) is 25.4 Å². The minimum atomic E-state index is 0.165. The molecule has 2 aromatic rings. The van der Waals surface area contributed by atoms with Crippen LogP contribution in [0, 0.1) is 6.92 Å². The summed E-state index contributed by atoms with van der Waals surface area (Å²) in [5.74, 6) is 3.73. The fourth-order valence-electron chi connectivity index (χ4n) is 3.33. The van der Waals surface area contributed by atoms with Crippen LogP contribution < -0.4 is 15.4 Å². The number of aromatic nitrogens is 3. The smallest absolute Gasteiger partial charge is 0.191 e. The maximum atomic E-state index is 5.85. The van der Waals surface area contributed by atoms with Crippen molar-refractivity contribution in [2.24, 2.45) is 12.0 Å². The zero-order valence-corrected chi connectivity index (χ0v) is 17.8. The van der Waals surface area contributed by atoms with Gasteiger partial charge in [-0.15, -0.1) is 10.2 Å². The number of fused-ring (bicyclic) bond motifs is 1. The summed E-state index contributed by atoms with van der Waals surface area (Å²) >= 11 is 0. The highest BCUT2D eigenvalue weighted by Gasteiger charge is 2.29. The predicted octanol–water partition coefficient (Wildman–Crippen LogP) is 2.15. The lowest BCUT2D eigenvalue weighted by Gasteiger charge is -2.23. The van der Waals surface area contributed by atoms with Crippen molar-refractivity contribution in [2.75, 3.05) is 26.4 Å². The van der Waals surface area contributed by atoms with Crippen molar-refractivity contribution in [3.63, 3.8) is 0 Å². The molecular weight excluding hydrogens is 368 g/mol. The zero-order valence-electron chi connectivity index (χ0n) is 17.8. The first kappa shape index (κ1) is 21.1. The number of rotatable bonds is 9. The molecule has 2 atom stereocenters. The molecule has 0 fully saturated rings. The van der Waals surface area contributed by atoms with Gasteiger partial charge in [0, 0.05) is 44.3 Å². The number of nitrogens with zero attached hydrogens (tertiary/aromatic N) is 4. The van der Waals surface area contributed by atoms with Gasteiger partial charge in [0.15, 0.2) is 11.8 Å². The average Bonchev–Trinajstić information content (AvgIpc) is 3.29. The molecule has 2 unspecified atom stereocenters. The van der Waals surface area contributed by atoms with Crippen molar-refractivity contribution in [2.45, 2.75) is 45.7 Å². The van der Waals surface area contributed by atoms with Gasteiger partial charge in [-0.2, -0.15) is 0 Å². The van der Waals surface area contributed by atoms with Crippen molar-refractivity contribution >= 4 is 5.96 Å². The van der Waals surface area contributed by atoms with Gasteiger partial charge >= 0.3 is 0 Å². The molecule has 2 heterocycles. The molecule has 0 aliphatic carbocycles. The van der Waals surface area contributed by atoms with Gasteiger partial charge in [-0.05, 0) is 33.3 Å². The van der Waals surface area contributed by atoms with E-state index in [1.807, 2.05) is 37.6 Å². The summed E-state index contributed by atoms with van der Waals surface area (Å²) in [7, 11) is 1.96. The second kappa shape index (κ2) is 10.2. The lowest BCUT2D eigenvalue weighted by molar-refractivity contribution is 0.145. The molecule has 3 rings (SSSR count). The molecular formula is C21H32N6O2. The highest BCUT2D eigenvalue weighted by Crippen LogP contribution is 2.35. The van der Waals surface area contributed by atoms with E-state index in [0.717, 1.165) is 49.5 Å². The van der Waals surface area contributed by atoms with Crippen LogP contribution in [0.5, 0.6) is 5.75 Å². The third-order valence-electron chi connectivity index (χ3n) is 5.23. The molecule has 2 N–H and O–H groups in total. The summed E-state index contributed by atoms with van der Waals surface area (Å²) in [6.45, 7) is 9.50. The molecule has 158 valence electrons. The standard InChI is InChI=1S/C21H32N6O2/c1-5-28-12-8-11-22-21(23-13-20-26-25-16(3)27(20)4)24-15(2)18-14-29-19-10-7-6-9-17(18)19/h6-7,9-10,15,18H,5,8,11-14H2,1-4H3,(H2,22,23,24). The van der Waals surface area contributed by atoms with Gasteiger partial charge in [-0.3, -0.25) is 0 Å². The number of para-hydroxylation sites is 1. The molecule has 1 aromatic carbocycles. The second-order valence-electron chi connectivity index (χ2n) is 7.25. The Morgan fingerprint density at radius 3 is 2.97 bits per heavy atom. The first-order valence-corrected chi connectivity index (χ1v) is 10.3. The van der Waals surface area contributed by atoms with Gasteiger partial charge < -0.3 is 24.7 Å². The molecule has 1 aliphatic heterocycles. The molecule has 0 radical (unpaired) electrons. The van der Waals surface area contributed by atoms with Crippen LogP contribution in [0.1, 0.15) is 43.4 Å². The Hall–Kier alpha value is -2.61. The van der Waals surface area contributed by atoms with Crippen molar-refractivity contribution < 1.29 is 9.47 Å². The third-order valence-corrected chi connectivity index (χ3v) is 5.23. The molecule has 1 aliphatic rings. The van der Waals surface area contributed by atoms with E-state index in [0.29, 0.717) is 13.2 Å². The SMILES string of the molecule is CCOCCCNC(=NCc1nnc(C)n1C)NC(C)C1COc2ccccc21. The number of hydrogen-bond acceptors (Lipinski definition) is 5. The summed E-state index contributed by atoms with van der Waals surface area (Å²) in [5, 5.41) is 15.3. The van der Waals surface area contributed by atoms with Gasteiger partial charge in [0.05, 0.1) is 6.61 Å². The quantitative estimate of drug-likeness (QED) is 0.381. The van der Waals surface area contributed by atoms with Crippen LogP contribution in [0.25, 0.3) is 0 Å². The summed E-state index contributed by atoms with van der Waals surface area (Å²) in [6, 6.07) is 8.40. The Bertz CT molecular complexity index is 819. The van der Waals surface area contributed by atoms with Crippen LogP contribution in [-0.4, -0.2) is 53.1 Å². The van der Waals surface area contributed by atoms with E-state index in [-0.39, 0.29) is 12.0 Å². The number of ether oxygens (including phenoxy) is 2. The average molecular weight is 401 g/mol. The van der Waals surface area contributed by atoms with Gasteiger partial charge in [0.2, 0.25) is 0 Å². The van der Waals surface area contributed by atoms with E-state index < -0.39 is 0 Å². The van der Waals surface area contributed by atoms with E-state index in [4.69, 9.17) is 14.5 Å². The number of hydrogen-bond donors (Lipinski definition) is 2. The van der Waals surface area contributed by atoms with E-state index in [1.54, 1.807) is 0 Å². The van der Waals surface area contributed by atoms with E-state index in [1.165, 1.54) is 5.56 Å². The van der Waals surface area contributed by atoms with E-state index in [9.17, 15) is 0 Å². The lowest BCUT2D eigenvalue weighted by Crippen LogP contribution is -2.45. The largest absolute Gasteiger partial charge is 0.493 e. The number of aliphatic imine (C=N–C) groups is 1. The highest BCUT2D eigenvalue weighted by atomic mass is 16.5. The van der Waals surface area contributed by atoms with Crippen LogP contribution in [0.15, 0.2) is 29.3 Å². The number of aryl methyl sites for hydroxylation is 1. The molecule has 0 saturated carbocycles. The van der Waals surface area contributed by atoms with Crippen LogP contribution in [0.3, 0.4) is 0 Å². The minimum Gasteiger partial charge on any atom is -0.493 e. The van der Waals surface area contributed by atoms with Crippen LogP contribution in [0.4, 0.5) is 0 Å². The Balaban J connectivity index is 1.65. The summed E-state index contributed by atoms with van der Waals surface area (Å²) < 4.78 is 13.2. The fraction of sp³-hybridized carbons (Fsp3) is 0.571. The maximum Gasteiger partial charge on any atom is 0.191 e. The summed E-state index contributed by atoms with van der Waals surface area (Å²) in [6.07, 6.45) is 0.918. The van der Waals surface area contributed by atoms with Gasteiger partial charge in [0.25, 0.3) is 0 Å².